The molecule has 0 radical (unpaired) electrons. The zero-order valence-corrected chi connectivity index (χ0v) is 11.1. The summed E-state index contributed by atoms with van der Waals surface area (Å²) in [4.78, 5) is 19.3. The molecule has 0 unspecified atom stereocenters. The molecule has 0 bridgehead atoms. The van der Waals surface area contributed by atoms with E-state index in [1.165, 1.54) is 36.2 Å². The SMILES string of the molecule is O=C(NO)c1cc2ncn(Cc3cccc(F)c3F)c2cn1. The third-order valence-corrected chi connectivity index (χ3v) is 3.21. The lowest BCUT2D eigenvalue weighted by molar-refractivity contribution is 0.0701. The molecule has 22 heavy (non-hydrogen) atoms. The second kappa shape index (κ2) is 5.49. The molecule has 0 aliphatic heterocycles. The van der Waals surface area contributed by atoms with Crippen LogP contribution in [0.1, 0.15) is 16.1 Å². The van der Waals surface area contributed by atoms with Gasteiger partial charge in [0.2, 0.25) is 0 Å². The van der Waals surface area contributed by atoms with Gasteiger partial charge in [0.1, 0.15) is 5.69 Å². The molecule has 3 rings (SSSR count). The third kappa shape index (κ3) is 2.40. The molecule has 2 N–H and O–H groups in total. The number of amides is 1. The minimum atomic E-state index is -0.915. The first-order valence-electron chi connectivity index (χ1n) is 6.28. The van der Waals surface area contributed by atoms with Crippen LogP contribution in [0.5, 0.6) is 0 Å². The van der Waals surface area contributed by atoms with E-state index in [4.69, 9.17) is 5.21 Å². The molecule has 0 saturated carbocycles. The Bertz CT molecular complexity index is 863. The van der Waals surface area contributed by atoms with Gasteiger partial charge in [-0.25, -0.2) is 24.2 Å². The van der Waals surface area contributed by atoms with Crippen LogP contribution in [-0.4, -0.2) is 25.6 Å². The first kappa shape index (κ1) is 14.1. The van der Waals surface area contributed by atoms with E-state index in [0.29, 0.717) is 11.0 Å². The molecule has 0 fully saturated rings. The minimum absolute atomic E-state index is 0.00261. The number of fused-ring (bicyclic) bond motifs is 1. The van der Waals surface area contributed by atoms with Crippen LogP contribution in [0.3, 0.4) is 0 Å². The smallest absolute Gasteiger partial charge is 0.293 e. The number of hydrogen-bond acceptors (Lipinski definition) is 4. The van der Waals surface area contributed by atoms with Crippen molar-refractivity contribution in [1.29, 1.82) is 0 Å². The Morgan fingerprint density at radius 3 is 2.91 bits per heavy atom. The van der Waals surface area contributed by atoms with Gasteiger partial charge in [0.05, 0.1) is 30.1 Å². The molecule has 8 heteroatoms. The number of nitrogens with one attached hydrogen (secondary N) is 1. The molecule has 0 spiro atoms. The number of imidazole rings is 1. The molecule has 2 aromatic heterocycles. The Hall–Kier alpha value is -2.87. The number of benzene rings is 1. The fraction of sp³-hybridized carbons (Fsp3) is 0.0714. The van der Waals surface area contributed by atoms with E-state index in [-0.39, 0.29) is 17.8 Å². The van der Waals surface area contributed by atoms with Gasteiger partial charge < -0.3 is 4.57 Å². The van der Waals surface area contributed by atoms with Gasteiger partial charge >= 0.3 is 0 Å². The van der Waals surface area contributed by atoms with E-state index in [9.17, 15) is 13.6 Å². The van der Waals surface area contributed by atoms with Gasteiger partial charge in [0.25, 0.3) is 5.91 Å². The molecule has 0 saturated heterocycles. The molecule has 0 atom stereocenters. The largest absolute Gasteiger partial charge is 0.325 e. The molecule has 112 valence electrons. The molecular formula is C14H10F2N4O2. The first-order valence-corrected chi connectivity index (χ1v) is 6.28. The van der Waals surface area contributed by atoms with Crippen LogP contribution in [0.15, 0.2) is 36.8 Å². The van der Waals surface area contributed by atoms with E-state index in [1.807, 2.05) is 0 Å². The summed E-state index contributed by atoms with van der Waals surface area (Å²) in [5, 5.41) is 8.57. The zero-order chi connectivity index (χ0) is 15.7. The topological polar surface area (TPSA) is 80.0 Å². The van der Waals surface area contributed by atoms with E-state index in [0.717, 1.165) is 6.07 Å². The van der Waals surface area contributed by atoms with Gasteiger partial charge in [0.15, 0.2) is 11.6 Å². The van der Waals surface area contributed by atoms with Crippen LogP contribution in [0.25, 0.3) is 11.0 Å². The van der Waals surface area contributed by atoms with Crippen LogP contribution in [0, 0.1) is 11.6 Å². The Balaban J connectivity index is 1.98. The fourth-order valence-electron chi connectivity index (χ4n) is 2.12. The van der Waals surface area contributed by atoms with Crippen molar-refractivity contribution in [3.05, 3.63) is 59.7 Å². The second-order valence-corrected chi connectivity index (χ2v) is 4.58. The quantitative estimate of drug-likeness (QED) is 0.572. The summed E-state index contributed by atoms with van der Waals surface area (Å²) in [7, 11) is 0. The molecule has 2 heterocycles. The van der Waals surface area contributed by atoms with Crippen molar-refractivity contribution in [3.63, 3.8) is 0 Å². The minimum Gasteiger partial charge on any atom is -0.325 e. The van der Waals surface area contributed by atoms with Crippen LogP contribution < -0.4 is 5.48 Å². The van der Waals surface area contributed by atoms with Gasteiger partial charge in [-0.3, -0.25) is 10.0 Å². The van der Waals surface area contributed by atoms with Crippen molar-refractivity contribution in [3.8, 4) is 0 Å². The third-order valence-electron chi connectivity index (χ3n) is 3.21. The zero-order valence-electron chi connectivity index (χ0n) is 11.1. The lowest BCUT2D eigenvalue weighted by atomic mass is 10.2. The summed E-state index contributed by atoms with van der Waals surface area (Å²) in [6, 6.07) is 5.34. The molecule has 1 amide bonds. The molecule has 0 aliphatic carbocycles. The summed E-state index contributed by atoms with van der Waals surface area (Å²) in [6.45, 7) is 0.0767. The summed E-state index contributed by atoms with van der Waals surface area (Å²) in [5.74, 6) is -2.58. The number of hydroxylamine groups is 1. The molecule has 0 aliphatic rings. The predicted molar refractivity (Wildman–Crippen MR) is 72.2 cm³/mol. The first-order chi connectivity index (χ1) is 10.6. The number of rotatable bonds is 3. The molecule has 3 aromatic rings. The summed E-state index contributed by atoms with van der Waals surface area (Å²) < 4.78 is 28.5. The Labute approximate surface area is 123 Å². The highest BCUT2D eigenvalue weighted by atomic mass is 19.2. The lowest BCUT2D eigenvalue weighted by Crippen LogP contribution is -2.19. The summed E-state index contributed by atoms with van der Waals surface area (Å²) >= 11 is 0. The van der Waals surface area contributed by atoms with Crippen molar-refractivity contribution in [2.45, 2.75) is 6.54 Å². The maximum Gasteiger partial charge on any atom is 0.293 e. The van der Waals surface area contributed by atoms with E-state index in [1.54, 1.807) is 4.57 Å². The van der Waals surface area contributed by atoms with E-state index < -0.39 is 17.5 Å². The number of pyridine rings is 1. The highest BCUT2D eigenvalue weighted by Gasteiger charge is 2.12. The number of carbonyl (C=O) groups excluding carboxylic acids is 1. The van der Waals surface area contributed by atoms with Gasteiger partial charge in [-0.05, 0) is 12.1 Å². The highest BCUT2D eigenvalue weighted by Crippen LogP contribution is 2.17. The number of nitrogens with zero attached hydrogens (tertiary/aromatic N) is 3. The van der Waals surface area contributed by atoms with Gasteiger partial charge in [-0.1, -0.05) is 12.1 Å². The number of halogens is 2. The summed E-state index contributed by atoms with van der Waals surface area (Å²) in [6.07, 6.45) is 2.82. The van der Waals surface area contributed by atoms with Crippen molar-refractivity contribution >= 4 is 16.9 Å². The Kier molecular flexibility index (Phi) is 3.51. The van der Waals surface area contributed by atoms with E-state index in [2.05, 4.69) is 9.97 Å². The van der Waals surface area contributed by atoms with Crippen molar-refractivity contribution in [2.75, 3.05) is 0 Å². The molecular weight excluding hydrogens is 294 g/mol. The van der Waals surface area contributed by atoms with Crippen LogP contribution in [0.4, 0.5) is 8.78 Å². The van der Waals surface area contributed by atoms with Crippen LogP contribution in [0.2, 0.25) is 0 Å². The molecule has 1 aromatic carbocycles. The van der Waals surface area contributed by atoms with Gasteiger partial charge in [0, 0.05) is 5.56 Å². The second-order valence-electron chi connectivity index (χ2n) is 4.58. The van der Waals surface area contributed by atoms with Crippen LogP contribution >= 0.6 is 0 Å². The maximum atomic E-state index is 13.7. The van der Waals surface area contributed by atoms with Crippen molar-refractivity contribution in [2.24, 2.45) is 0 Å². The number of hydrogen-bond donors (Lipinski definition) is 2. The lowest BCUT2D eigenvalue weighted by Gasteiger charge is -2.06. The normalized spacial score (nSPS) is 10.9. The van der Waals surface area contributed by atoms with Gasteiger partial charge in [-0.2, -0.15) is 0 Å². The highest BCUT2D eigenvalue weighted by molar-refractivity contribution is 5.94. The fourth-order valence-corrected chi connectivity index (χ4v) is 2.12. The number of aromatic nitrogens is 3. The number of carbonyl (C=O) groups is 1. The standard InChI is InChI=1S/C14H10F2N4O2/c15-9-3-1-2-8(13(9)16)6-20-7-18-10-4-11(14(21)19-22)17-5-12(10)20/h1-5,7,22H,6H2,(H,19,21). The Morgan fingerprint density at radius 2 is 2.14 bits per heavy atom. The summed E-state index contributed by atoms with van der Waals surface area (Å²) in [5.41, 5.74) is 2.66. The van der Waals surface area contributed by atoms with Crippen LogP contribution in [-0.2, 0) is 6.54 Å². The average molecular weight is 304 g/mol. The maximum absolute atomic E-state index is 13.7. The van der Waals surface area contributed by atoms with E-state index >= 15 is 0 Å². The van der Waals surface area contributed by atoms with Crippen molar-refractivity contribution < 1.29 is 18.8 Å². The Morgan fingerprint density at radius 1 is 1.32 bits per heavy atom. The predicted octanol–water partition coefficient (Wildman–Crippen LogP) is 1.88. The average Bonchev–Trinajstić information content (AvgIpc) is 2.93. The molecule has 6 nitrogen and oxygen atoms in total. The monoisotopic (exact) mass is 304 g/mol. The van der Waals surface area contributed by atoms with Gasteiger partial charge in [-0.15, -0.1) is 0 Å². The van der Waals surface area contributed by atoms with Crippen molar-refractivity contribution in [1.82, 2.24) is 20.0 Å².